The van der Waals surface area contributed by atoms with Gasteiger partial charge in [0.05, 0.1) is 18.8 Å². The summed E-state index contributed by atoms with van der Waals surface area (Å²) in [4.78, 5) is 21.0. The molecule has 2 aliphatic rings. The standard InChI is InChI=1S/C25H30F2N6O5S/c1-3-7-39-25-29-23(28-16-9-13(16)12-5-6-14(26)15(27)8-12)20-24(30-25)33(32-31-20)17-10-18(22(36)21(17)35)38-11-19(34)37-4-2/h5-6,8,13,16-18,21-22,35-36H,3-4,7,9-11H2,1-2H3,(H,28,29,30)/t13-,16-,17-,18+,21+,22-/m1/s1. The minimum atomic E-state index is -1.25. The van der Waals surface area contributed by atoms with E-state index < -0.39 is 42.0 Å². The maximum Gasteiger partial charge on any atom is 0.332 e. The molecule has 0 spiro atoms. The lowest BCUT2D eigenvalue weighted by molar-refractivity contribution is -0.153. The minimum absolute atomic E-state index is 0.0176. The summed E-state index contributed by atoms with van der Waals surface area (Å²) in [6.45, 7) is 3.59. The molecule has 39 heavy (non-hydrogen) atoms. The van der Waals surface area contributed by atoms with Crippen LogP contribution in [0.1, 0.15) is 50.6 Å². The highest BCUT2D eigenvalue weighted by atomic mass is 32.2. The van der Waals surface area contributed by atoms with Crippen LogP contribution in [0.15, 0.2) is 23.4 Å². The molecule has 0 radical (unpaired) electrons. The average molecular weight is 565 g/mol. The molecule has 2 heterocycles. The van der Waals surface area contributed by atoms with Gasteiger partial charge in [-0.1, -0.05) is 30.0 Å². The molecule has 2 fully saturated rings. The Morgan fingerprint density at radius 3 is 2.74 bits per heavy atom. The molecule has 0 unspecified atom stereocenters. The van der Waals surface area contributed by atoms with Crippen LogP contribution in [0.2, 0.25) is 0 Å². The maximum absolute atomic E-state index is 13.8. The molecule has 2 aliphatic carbocycles. The van der Waals surface area contributed by atoms with E-state index in [1.54, 1.807) is 13.0 Å². The first-order valence-corrected chi connectivity index (χ1v) is 13.9. The SMILES string of the molecule is CCCSc1nc(N[C@@H]2C[C@@H]2c2ccc(F)c(F)c2)c2nnn([C@@H]3C[C@H](OCC(=O)OCC)[C@@H](O)[C@H]3O)c2n1. The van der Waals surface area contributed by atoms with E-state index in [0.717, 1.165) is 18.2 Å². The molecule has 11 nitrogen and oxygen atoms in total. The summed E-state index contributed by atoms with van der Waals surface area (Å²) in [6.07, 6.45) is -1.52. The zero-order valence-electron chi connectivity index (χ0n) is 21.5. The van der Waals surface area contributed by atoms with E-state index >= 15 is 0 Å². The maximum atomic E-state index is 13.8. The summed E-state index contributed by atoms with van der Waals surface area (Å²) < 4.78 is 39.0. The number of thioether (sulfide) groups is 1. The summed E-state index contributed by atoms with van der Waals surface area (Å²) in [7, 11) is 0. The number of esters is 1. The van der Waals surface area contributed by atoms with Crippen molar-refractivity contribution in [3.05, 3.63) is 35.4 Å². The molecule has 14 heteroatoms. The Bertz CT molecular complexity index is 1350. The van der Waals surface area contributed by atoms with Crippen LogP contribution >= 0.6 is 11.8 Å². The van der Waals surface area contributed by atoms with Gasteiger partial charge in [0.1, 0.15) is 18.8 Å². The number of aliphatic hydroxyl groups is 2. The molecular formula is C25H30F2N6O5S. The second-order valence-electron chi connectivity index (χ2n) is 9.61. The number of aliphatic hydroxyl groups excluding tert-OH is 2. The van der Waals surface area contributed by atoms with E-state index in [1.807, 2.05) is 6.92 Å². The van der Waals surface area contributed by atoms with Gasteiger partial charge in [-0.05, 0) is 37.5 Å². The van der Waals surface area contributed by atoms with Gasteiger partial charge in [-0.2, -0.15) is 0 Å². The predicted octanol–water partition coefficient (Wildman–Crippen LogP) is 2.58. The number of rotatable bonds is 11. The fourth-order valence-electron chi connectivity index (χ4n) is 4.79. The third-order valence-electron chi connectivity index (χ3n) is 6.86. The third-order valence-corrected chi connectivity index (χ3v) is 7.91. The van der Waals surface area contributed by atoms with Crippen molar-refractivity contribution in [2.75, 3.05) is 24.3 Å². The van der Waals surface area contributed by atoms with Crippen molar-refractivity contribution in [1.29, 1.82) is 0 Å². The van der Waals surface area contributed by atoms with Crippen molar-refractivity contribution in [3.8, 4) is 0 Å². The lowest BCUT2D eigenvalue weighted by Crippen LogP contribution is -2.34. The number of carbonyl (C=O) groups is 1. The van der Waals surface area contributed by atoms with E-state index in [-0.39, 0.29) is 31.6 Å². The second-order valence-corrected chi connectivity index (χ2v) is 10.7. The van der Waals surface area contributed by atoms with E-state index in [1.165, 1.54) is 22.5 Å². The fourth-order valence-corrected chi connectivity index (χ4v) is 5.48. The predicted molar refractivity (Wildman–Crippen MR) is 137 cm³/mol. The van der Waals surface area contributed by atoms with Gasteiger partial charge in [-0.25, -0.2) is 28.2 Å². The highest BCUT2D eigenvalue weighted by Crippen LogP contribution is 2.44. The Morgan fingerprint density at radius 1 is 1.18 bits per heavy atom. The summed E-state index contributed by atoms with van der Waals surface area (Å²) >= 11 is 1.46. The summed E-state index contributed by atoms with van der Waals surface area (Å²) in [5, 5.41) is 33.7. The van der Waals surface area contributed by atoms with E-state index in [0.29, 0.717) is 34.1 Å². The van der Waals surface area contributed by atoms with Crippen LogP contribution in [-0.2, 0) is 14.3 Å². The lowest BCUT2D eigenvalue weighted by atomic mass is 10.1. The largest absolute Gasteiger partial charge is 0.464 e. The topological polar surface area (TPSA) is 145 Å². The molecule has 1 aromatic carbocycles. The van der Waals surface area contributed by atoms with Crippen LogP contribution in [-0.4, -0.2) is 84.5 Å². The first-order valence-electron chi connectivity index (χ1n) is 12.9. The highest BCUT2D eigenvalue weighted by molar-refractivity contribution is 7.99. The molecule has 6 atom stereocenters. The Hall–Kier alpha value is -2.94. The number of nitrogens with one attached hydrogen (secondary N) is 1. The number of benzene rings is 1. The van der Waals surface area contributed by atoms with Gasteiger partial charge in [0.15, 0.2) is 33.8 Å². The number of halogens is 2. The normalized spacial score (nSPS) is 26.2. The van der Waals surface area contributed by atoms with Crippen molar-refractivity contribution in [2.24, 2.45) is 0 Å². The Balaban J connectivity index is 1.38. The fraction of sp³-hybridized carbons (Fsp3) is 0.560. The number of nitrogens with zero attached hydrogens (tertiary/aromatic N) is 5. The monoisotopic (exact) mass is 564 g/mol. The van der Waals surface area contributed by atoms with Crippen molar-refractivity contribution >= 4 is 34.7 Å². The van der Waals surface area contributed by atoms with Gasteiger partial charge in [0.25, 0.3) is 0 Å². The first kappa shape index (κ1) is 27.6. The molecule has 210 valence electrons. The molecule has 0 amide bonds. The molecule has 2 aromatic heterocycles. The number of hydrogen-bond acceptors (Lipinski definition) is 11. The molecule has 0 saturated heterocycles. The van der Waals surface area contributed by atoms with Crippen LogP contribution < -0.4 is 5.32 Å². The number of hydrogen-bond donors (Lipinski definition) is 3. The lowest BCUT2D eigenvalue weighted by Gasteiger charge is -2.17. The third kappa shape index (κ3) is 5.83. The summed E-state index contributed by atoms with van der Waals surface area (Å²) in [6, 6.07) is 3.14. The number of ether oxygens (including phenoxy) is 2. The molecule has 0 bridgehead atoms. The quantitative estimate of drug-likeness (QED) is 0.180. The van der Waals surface area contributed by atoms with Gasteiger partial charge < -0.3 is 25.0 Å². The first-order chi connectivity index (χ1) is 18.8. The number of aromatic nitrogens is 5. The van der Waals surface area contributed by atoms with Gasteiger partial charge in [0, 0.05) is 24.1 Å². The van der Waals surface area contributed by atoms with Crippen molar-refractivity contribution < 1.29 is 33.3 Å². The zero-order chi connectivity index (χ0) is 27.7. The van der Waals surface area contributed by atoms with Crippen molar-refractivity contribution in [3.63, 3.8) is 0 Å². The number of carbonyl (C=O) groups excluding carboxylic acids is 1. The molecular weight excluding hydrogens is 534 g/mol. The molecule has 5 rings (SSSR count). The van der Waals surface area contributed by atoms with Crippen LogP contribution in [0.3, 0.4) is 0 Å². The molecule has 3 aromatic rings. The van der Waals surface area contributed by atoms with E-state index in [2.05, 4.69) is 25.6 Å². The van der Waals surface area contributed by atoms with Crippen LogP contribution in [0.5, 0.6) is 0 Å². The van der Waals surface area contributed by atoms with E-state index in [9.17, 15) is 23.8 Å². The molecule has 2 saturated carbocycles. The summed E-state index contributed by atoms with van der Waals surface area (Å²) in [5.74, 6) is -1.12. The number of anilines is 1. The zero-order valence-corrected chi connectivity index (χ0v) is 22.3. The van der Waals surface area contributed by atoms with E-state index in [4.69, 9.17) is 9.47 Å². The van der Waals surface area contributed by atoms with Gasteiger partial charge in [-0.15, -0.1) is 5.10 Å². The summed E-state index contributed by atoms with van der Waals surface area (Å²) in [5.41, 5.74) is 1.45. The smallest absolute Gasteiger partial charge is 0.332 e. The number of fused-ring (bicyclic) bond motifs is 1. The Kier molecular flexibility index (Phi) is 8.26. The average Bonchev–Trinajstić information content (AvgIpc) is 3.46. The van der Waals surface area contributed by atoms with Crippen molar-refractivity contribution in [2.45, 2.75) is 74.6 Å². The minimum Gasteiger partial charge on any atom is -0.464 e. The van der Waals surface area contributed by atoms with Gasteiger partial charge in [0.2, 0.25) is 0 Å². The van der Waals surface area contributed by atoms with Crippen LogP contribution in [0, 0.1) is 11.6 Å². The highest BCUT2D eigenvalue weighted by Gasteiger charge is 2.45. The van der Waals surface area contributed by atoms with Gasteiger partial charge >= 0.3 is 5.97 Å². The second kappa shape index (κ2) is 11.7. The Morgan fingerprint density at radius 2 is 2.00 bits per heavy atom. The van der Waals surface area contributed by atoms with Crippen molar-refractivity contribution in [1.82, 2.24) is 25.0 Å². The van der Waals surface area contributed by atoms with Gasteiger partial charge in [-0.3, -0.25) is 0 Å². The molecule has 0 aliphatic heterocycles. The van der Waals surface area contributed by atoms with Crippen LogP contribution in [0.4, 0.5) is 14.6 Å². The Labute approximate surface area is 227 Å². The molecule has 3 N–H and O–H groups in total. The van der Waals surface area contributed by atoms with Crippen LogP contribution in [0.25, 0.3) is 11.2 Å².